The Hall–Kier alpha value is -0.930. The molecule has 0 bridgehead atoms. The standard InChI is InChI=1S/C18H25FO2/c1-2-18(20,14-6-5-7-16(19)12-14)15-8-11-21-17(13-15)9-3-4-10-17/h5-7,12,15,20H,2-4,8-11,13H2,1H3. The van der Waals surface area contributed by atoms with Crippen LogP contribution in [0.15, 0.2) is 24.3 Å². The summed E-state index contributed by atoms with van der Waals surface area (Å²) >= 11 is 0. The van der Waals surface area contributed by atoms with E-state index in [0.29, 0.717) is 18.6 Å². The molecule has 3 rings (SSSR count). The van der Waals surface area contributed by atoms with Gasteiger partial charge in [-0.3, -0.25) is 0 Å². The van der Waals surface area contributed by atoms with Crippen molar-refractivity contribution in [3.63, 3.8) is 0 Å². The van der Waals surface area contributed by atoms with Crippen molar-refractivity contribution in [2.24, 2.45) is 5.92 Å². The van der Waals surface area contributed by atoms with E-state index in [0.717, 1.165) is 25.7 Å². The zero-order valence-corrected chi connectivity index (χ0v) is 12.8. The predicted molar refractivity (Wildman–Crippen MR) is 80.5 cm³/mol. The summed E-state index contributed by atoms with van der Waals surface area (Å²) in [6, 6.07) is 6.46. The summed E-state index contributed by atoms with van der Waals surface area (Å²) < 4.78 is 19.6. The molecule has 1 saturated carbocycles. The second-order valence-corrected chi connectivity index (χ2v) is 6.72. The van der Waals surface area contributed by atoms with Gasteiger partial charge in [-0.05, 0) is 55.7 Å². The highest BCUT2D eigenvalue weighted by molar-refractivity contribution is 5.24. The fourth-order valence-corrected chi connectivity index (χ4v) is 4.29. The lowest BCUT2D eigenvalue weighted by molar-refractivity contribution is -0.144. The average molecular weight is 292 g/mol. The molecule has 1 aromatic carbocycles. The molecule has 2 aliphatic rings. The lowest BCUT2D eigenvalue weighted by atomic mass is 9.71. The van der Waals surface area contributed by atoms with Crippen molar-refractivity contribution in [1.82, 2.24) is 0 Å². The van der Waals surface area contributed by atoms with E-state index in [1.165, 1.54) is 25.0 Å². The molecule has 2 unspecified atom stereocenters. The third-order valence-corrected chi connectivity index (χ3v) is 5.55. The summed E-state index contributed by atoms with van der Waals surface area (Å²) in [5.74, 6) is -0.127. The first-order chi connectivity index (χ1) is 10.1. The largest absolute Gasteiger partial charge is 0.385 e. The molecule has 1 aliphatic heterocycles. The smallest absolute Gasteiger partial charge is 0.123 e. The van der Waals surface area contributed by atoms with Crippen molar-refractivity contribution in [2.75, 3.05) is 6.61 Å². The Labute approximate surface area is 126 Å². The monoisotopic (exact) mass is 292 g/mol. The van der Waals surface area contributed by atoms with Crippen molar-refractivity contribution in [1.29, 1.82) is 0 Å². The molecule has 1 spiro atoms. The molecule has 2 atom stereocenters. The van der Waals surface area contributed by atoms with Crippen LogP contribution in [-0.4, -0.2) is 17.3 Å². The van der Waals surface area contributed by atoms with Gasteiger partial charge in [-0.1, -0.05) is 31.9 Å². The van der Waals surface area contributed by atoms with E-state index < -0.39 is 5.60 Å². The Morgan fingerprint density at radius 3 is 2.81 bits per heavy atom. The minimum atomic E-state index is -0.943. The normalized spacial score (nSPS) is 27.7. The minimum Gasteiger partial charge on any atom is -0.385 e. The molecule has 0 radical (unpaired) electrons. The van der Waals surface area contributed by atoms with Crippen LogP contribution in [0.5, 0.6) is 0 Å². The maximum absolute atomic E-state index is 13.6. The van der Waals surface area contributed by atoms with Crippen LogP contribution in [0, 0.1) is 11.7 Å². The van der Waals surface area contributed by atoms with Gasteiger partial charge in [0, 0.05) is 6.61 Å². The van der Waals surface area contributed by atoms with Crippen LogP contribution >= 0.6 is 0 Å². The second-order valence-electron chi connectivity index (χ2n) is 6.72. The molecule has 2 fully saturated rings. The molecule has 1 heterocycles. The maximum Gasteiger partial charge on any atom is 0.123 e. The first kappa shape index (κ1) is 15.0. The van der Waals surface area contributed by atoms with Crippen LogP contribution in [-0.2, 0) is 10.3 Å². The SMILES string of the molecule is CCC(O)(c1cccc(F)c1)C1CCOC2(CCCC2)C1. The van der Waals surface area contributed by atoms with E-state index in [4.69, 9.17) is 4.74 Å². The van der Waals surface area contributed by atoms with Crippen LogP contribution in [0.25, 0.3) is 0 Å². The fraction of sp³-hybridized carbons (Fsp3) is 0.667. The summed E-state index contributed by atoms with van der Waals surface area (Å²) in [5, 5.41) is 11.3. The number of hydrogen-bond donors (Lipinski definition) is 1. The highest BCUT2D eigenvalue weighted by Crippen LogP contribution is 2.48. The average Bonchev–Trinajstić information content (AvgIpc) is 2.94. The Bertz CT molecular complexity index is 496. The van der Waals surface area contributed by atoms with E-state index in [-0.39, 0.29) is 17.3 Å². The second kappa shape index (κ2) is 5.69. The van der Waals surface area contributed by atoms with Crippen molar-refractivity contribution in [3.05, 3.63) is 35.6 Å². The lowest BCUT2D eigenvalue weighted by Crippen LogP contribution is -2.45. The summed E-state index contributed by atoms with van der Waals surface area (Å²) in [4.78, 5) is 0. The van der Waals surface area contributed by atoms with Crippen LogP contribution in [0.1, 0.15) is 57.4 Å². The fourth-order valence-electron chi connectivity index (χ4n) is 4.29. The third kappa shape index (κ3) is 2.74. The molecule has 1 aliphatic carbocycles. The quantitative estimate of drug-likeness (QED) is 0.906. The number of rotatable bonds is 3. The topological polar surface area (TPSA) is 29.5 Å². The molecular weight excluding hydrogens is 267 g/mol. The van der Waals surface area contributed by atoms with E-state index >= 15 is 0 Å². The van der Waals surface area contributed by atoms with Crippen LogP contribution in [0.3, 0.4) is 0 Å². The van der Waals surface area contributed by atoms with Gasteiger partial charge in [0.05, 0.1) is 11.2 Å². The van der Waals surface area contributed by atoms with Gasteiger partial charge in [0.15, 0.2) is 0 Å². The first-order valence-corrected chi connectivity index (χ1v) is 8.20. The Kier molecular flexibility index (Phi) is 4.06. The molecule has 116 valence electrons. The van der Waals surface area contributed by atoms with Gasteiger partial charge in [0.2, 0.25) is 0 Å². The zero-order chi connectivity index (χ0) is 14.9. The zero-order valence-electron chi connectivity index (χ0n) is 12.8. The van der Waals surface area contributed by atoms with Crippen molar-refractivity contribution < 1.29 is 14.2 Å². The van der Waals surface area contributed by atoms with Crippen LogP contribution in [0.2, 0.25) is 0 Å². The van der Waals surface area contributed by atoms with Gasteiger partial charge in [-0.15, -0.1) is 0 Å². The van der Waals surface area contributed by atoms with E-state index in [1.807, 2.05) is 13.0 Å². The predicted octanol–water partition coefficient (Wildman–Crippen LogP) is 4.16. The number of aliphatic hydroxyl groups is 1. The van der Waals surface area contributed by atoms with Gasteiger partial charge in [0.25, 0.3) is 0 Å². The van der Waals surface area contributed by atoms with Crippen molar-refractivity contribution in [2.45, 2.75) is 63.1 Å². The molecule has 1 aromatic rings. The molecule has 21 heavy (non-hydrogen) atoms. The molecule has 0 amide bonds. The third-order valence-electron chi connectivity index (χ3n) is 5.55. The number of hydrogen-bond acceptors (Lipinski definition) is 2. The van der Waals surface area contributed by atoms with Crippen molar-refractivity contribution in [3.8, 4) is 0 Å². The van der Waals surface area contributed by atoms with E-state index in [1.54, 1.807) is 6.07 Å². The van der Waals surface area contributed by atoms with Gasteiger partial charge in [0.1, 0.15) is 5.82 Å². The van der Waals surface area contributed by atoms with Crippen LogP contribution < -0.4 is 0 Å². The molecule has 1 saturated heterocycles. The highest BCUT2D eigenvalue weighted by atomic mass is 19.1. The molecular formula is C18H25FO2. The number of halogens is 1. The Morgan fingerprint density at radius 1 is 1.38 bits per heavy atom. The van der Waals surface area contributed by atoms with Crippen molar-refractivity contribution >= 4 is 0 Å². The lowest BCUT2D eigenvalue weighted by Gasteiger charge is -2.45. The van der Waals surface area contributed by atoms with Gasteiger partial charge < -0.3 is 9.84 Å². The molecule has 2 nitrogen and oxygen atoms in total. The minimum absolute atomic E-state index is 0.0284. The number of ether oxygens (including phenoxy) is 1. The van der Waals surface area contributed by atoms with Gasteiger partial charge >= 0.3 is 0 Å². The van der Waals surface area contributed by atoms with E-state index in [2.05, 4.69) is 0 Å². The summed E-state index contributed by atoms with van der Waals surface area (Å²) in [6.45, 7) is 2.70. The molecule has 0 aromatic heterocycles. The maximum atomic E-state index is 13.6. The Morgan fingerprint density at radius 2 is 2.14 bits per heavy atom. The summed E-state index contributed by atoms with van der Waals surface area (Å²) in [7, 11) is 0. The van der Waals surface area contributed by atoms with E-state index in [9.17, 15) is 9.50 Å². The van der Waals surface area contributed by atoms with Gasteiger partial charge in [-0.2, -0.15) is 0 Å². The summed E-state index contributed by atoms with van der Waals surface area (Å²) in [5.41, 5.74) is -0.258. The van der Waals surface area contributed by atoms with Crippen LogP contribution in [0.4, 0.5) is 4.39 Å². The van der Waals surface area contributed by atoms with Gasteiger partial charge in [-0.25, -0.2) is 4.39 Å². The summed E-state index contributed by atoms with van der Waals surface area (Å²) in [6.07, 6.45) is 7.00. The highest BCUT2D eigenvalue weighted by Gasteiger charge is 2.47. The molecule has 3 heteroatoms. The first-order valence-electron chi connectivity index (χ1n) is 8.20. The Balaban J connectivity index is 1.88. The number of benzene rings is 1. The molecule has 1 N–H and O–H groups in total.